The zero-order valence-electron chi connectivity index (χ0n) is 11.5. The zero-order valence-corrected chi connectivity index (χ0v) is 13.1. The molecule has 126 valence electrons. The minimum atomic E-state index is -6.09. The van der Waals surface area contributed by atoms with Crippen LogP contribution in [0.15, 0.2) is 29.2 Å². The SMILES string of the molecule is COc1ccc([S+](C)CC(=O)O)cc1.O=S(=O)([O-])C(F)(F)F. The lowest BCUT2D eigenvalue weighted by Gasteiger charge is -2.08. The van der Waals surface area contributed by atoms with Crippen molar-refractivity contribution < 1.29 is 40.8 Å². The van der Waals surface area contributed by atoms with Gasteiger partial charge in [0.2, 0.25) is 5.75 Å². The van der Waals surface area contributed by atoms with E-state index in [-0.39, 0.29) is 16.6 Å². The molecule has 22 heavy (non-hydrogen) atoms. The van der Waals surface area contributed by atoms with Crippen molar-refractivity contribution in [2.24, 2.45) is 0 Å². The molecular formula is C11H13F3O6S2. The van der Waals surface area contributed by atoms with Crippen LogP contribution in [0.1, 0.15) is 0 Å². The Morgan fingerprint density at radius 1 is 1.32 bits per heavy atom. The summed E-state index contributed by atoms with van der Waals surface area (Å²) in [6.07, 6.45) is 1.93. The van der Waals surface area contributed by atoms with E-state index in [4.69, 9.17) is 22.8 Å². The average Bonchev–Trinajstić information content (AvgIpc) is 2.36. The number of alkyl halides is 3. The number of carboxylic acids is 1. The van der Waals surface area contributed by atoms with Crippen molar-refractivity contribution in [1.82, 2.24) is 0 Å². The molecule has 0 saturated heterocycles. The lowest BCUT2D eigenvalue weighted by molar-refractivity contribution is -0.133. The van der Waals surface area contributed by atoms with Gasteiger partial charge in [-0.2, -0.15) is 13.2 Å². The summed E-state index contributed by atoms with van der Waals surface area (Å²) in [5.74, 6) is 0.222. The first-order chi connectivity index (χ1) is 9.88. The van der Waals surface area contributed by atoms with Gasteiger partial charge in [-0.25, -0.2) is 13.2 Å². The number of aliphatic carboxylic acids is 1. The molecule has 0 fully saturated rings. The molecule has 0 aliphatic rings. The first-order valence-corrected chi connectivity index (χ1v) is 8.60. The third-order valence-corrected chi connectivity index (χ3v) is 4.41. The minimum absolute atomic E-state index is 0.187. The van der Waals surface area contributed by atoms with E-state index >= 15 is 0 Å². The fourth-order valence-corrected chi connectivity index (χ4v) is 2.21. The van der Waals surface area contributed by atoms with Crippen LogP contribution >= 0.6 is 0 Å². The number of hydrogen-bond donors (Lipinski definition) is 1. The Balaban J connectivity index is 0.000000472. The van der Waals surface area contributed by atoms with Crippen LogP contribution in [-0.2, 0) is 25.8 Å². The van der Waals surface area contributed by atoms with Gasteiger partial charge in [0.05, 0.1) is 7.11 Å². The van der Waals surface area contributed by atoms with Gasteiger partial charge in [-0.05, 0) is 24.3 Å². The number of methoxy groups -OCH3 is 1. The first-order valence-electron chi connectivity index (χ1n) is 5.39. The lowest BCUT2D eigenvalue weighted by Crippen LogP contribution is -2.21. The van der Waals surface area contributed by atoms with Crippen LogP contribution in [0.2, 0.25) is 0 Å². The van der Waals surface area contributed by atoms with Gasteiger partial charge in [0, 0.05) is 10.9 Å². The molecule has 11 heteroatoms. The van der Waals surface area contributed by atoms with Crippen LogP contribution in [0.25, 0.3) is 0 Å². The lowest BCUT2D eigenvalue weighted by atomic mass is 10.3. The summed E-state index contributed by atoms with van der Waals surface area (Å²) in [6.45, 7) is 0. The number of benzene rings is 1. The predicted octanol–water partition coefficient (Wildman–Crippen LogP) is 1.44. The van der Waals surface area contributed by atoms with Crippen LogP contribution in [0.5, 0.6) is 5.75 Å². The Hall–Kier alpha value is -1.46. The number of rotatable bonds is 4. The third-order valence-electron chi connectivity index (χ3n) is 2.09. The molecule has 0 amide bonds. The molecule has 1 N–H and O–H groups in total. The summed E-state index contributed by atoms with van der Waals surface area (Å²) in [5.41, 5.74) is -5.65. The van der Waals surface area contributed by atoms with E-state index < -0.39 is 21.6 Å². The molecule has 1 aromatic rings. The standard InChI is InChI=1S/C10H12O3S.CHF3O3S/c1-13-8-3-5-9(6-4-8)14(2)7-10(11)12;2-1(3,4)8(5,6)7/h3-6H,7H2,1-2H3;(H,5,6,7). The molecule has 0 aromatic heterocycles. The summed E-state index contributed by atoms with van der Waals surface area (Å²) in [5, 5.41) is 8.63. The molecule has 0 aliphatic heterocycles. The van der Waals surface area contributed by atoms with Crippen molar-refractivity contribution in [3.63, 3.8) is 0 Å². The highest BCUT2D eigenvalue weighted by Gasteiger charge is 2.36. The van der Waals surface area contributed by atoms with Gasteiger partial charge >= 0.3 is 11.5 Å². The molecule has 0 spiro atoms. The van der Waals surface area contributed by atoms with E-state index in [1.54, 1.807) is 7.11 Å². The molecule has 1 aromatic carbocycles. The molecule has 0 heterocycles. The van der Waals surface area contributed by atoms with Crippen LogP contribution in [0.3, 0.4) is 0 Å². The Morgan fingerprint density at radius 3 is 2.00 bits per heavy atom. The quantitative estimate of drug-likeness (QED) is 0.494. The van der Waals surface area contributed by atoms with Gasteiger partial charge in [0.25, 0.3) is 0 Å². The smallest absolute Gasteiger partial charge is 0.485 e. The summed E-state index contributed by atoms with van der Waals surface area (Å²) in [6, 6.07) is 7.51. The minimum Gasteiger partial charge on any atom is -0.741 e. The third kappa shape index (κ3) is 7.52. The highest BCUT2D eigenvalue weighted by molar-refractivity contribution is 7.96. The van der Waals surface area contributed by atoms with Gasteiger partial charge in [0.15, 0.2) is 15.0 Å². The molecule has 1 atom stereocenters. The summed E-state index contributed by atoms with van der Waals surface area (Å²) < 4.78 is 63.9. The van der Waals surface area contributed by atoms with Crippen LogP contribution in [0, 0.1) is 0 Å². The number of carboxylic acid groups (broad SMARTS) is 1. The molecular weight excluding hydrogens is 349 g/mol. The van der Waals surface area contributed by atoms with Gasteiger partial charge in [-0.3, -0.25) is 0 Å². The van der Waals surface area contributed by atoms with Gasteiger partial charge in [-0.15, -0.1) is 0 Å². The van der Waals surface area contributed by atoms with Crippen molar-refractivity contribution in [2.75, 3.05) is 19.1 Å². The first kappa shape index (κ1) is 20.5. The monoisotopic (exact) mass is 362 g/mol. The molecule has 1 unspecified atom stereocenters. The maximum Gasteiger partial charge on any atom is 0.485 e. The maximum absolute atomic E-state index is 10.7. The Morgan fingerprint density at radius 2 is 1.73 bits per heavy atom. The highest BCUT2D eigenvalue weighted by atomic mass is 32.2. The Kier molecular flexibility index (Phi) is 7.70. The van der Waals surface area contributed by atoms with Gasteiger partial charge in [0.1, 0.15) is 12.0 Å². The molecule has 0 bridgehead atoms. The highest BCUT2D eigenvalue weighted by Crippen LogP contribution is 2.20. The van der Waals surface area contributed by atoms with Crippen LogP contribution in [0.4, 0.5) is 13.2 Å². The molecule has 0 saturated carbocycles. The van der Waals surface area contributed by atoms with Crippen molar-refractivity contribution in [1.29, 1.82) is 0 Å². The average molecular weight is 362 g/mol. The number of ether oxygens (including phenoxy) is 1. The van der Waals surface area contributed by atoms with Crippen molar-refractivity contribution in [3.05, 3.63) is 24.3 Å². The summed E-state index contributed by atoms with van der Waals surface area (Å²) in [4.78, 5) is 11.5. The predicted molar refractivity (Wildman–Crippen MR) is 72.8 cm³/mol. The van der Waals surface area contributed by atoms with E-state index in [0.29, 0.717) is 0 Å². The number of carbonyl (C=O) groups is 1. The summed E-state index contributed by atoms with van der Waals surface area (Å²) >= 11 is 0. The Bertz CT molecular complexity index is 583. The van der Waals surface area contributed by atoms with E-state index in [9.17, 15) is 18.0 Å². The fraction of sp³-hybridized carbons (Fsp3) is 0.364. The van der Waals surface area contributed by atoms with Crippen molar-refractivity contribution in [2.45, 2.75) is 10.4 Å². The molecule has 1 rings (SSSR count). The van der Waals surface area contributed by atoms with Gasteiger partial charge < -0.3 is 14.4 Å². The topological polar surface area (TPSA) is 104 Å². The molecule has 0 radical (unpaired) electrons. The number of halogens is 3. The maximum atomic E-state index is 10.7. The second-order valence-corrected chi connectivity index (χ2v) is 7.16. The van der Waals surface area contributed by atoms with Gasteiger partial charge in [-0.1, -0.05) is 0 Å². The number of hydrogen-bond acceptors (Lipinski definition) is 5. The zero-order chi connectivity index (χ0) is 17.6. The largest absolute Gasteiger partial charge is 0.741 e. The fourth-order valence-electron chi connectivity index (χ4n) is 1.08. The Labute approximate surface area is 128 Å². The van der Waals surface area contributed by atoms with Crippen molar-refractivity contribution in [3.8, 4) is 5.75 Å². The molecule has 0 aliphatic carbocycles. The molecule has 6 nitrogen and oxygen atoms in total. The second kappa shape index (κ2) is 8.25. The van der Waals surface area contributed by atoms with E-state index in [1.807, 2.05) is 30.5 Å². The van der Waals surface area contributed by atoms with Crippen molar-refractivity contribution >= 4 is 27.0 Å². The van der Waals surface area contributed by atoms with Crippen LogP contribution in [-0.4, -0.2) is 48.7 Å². The van der Waals surface area contributed by atoms with E-state index in [0.717, 1.165) is 10.6 Å². The summed E-state index contributed by atoms with van der Waals surface area (Å²) in [7, 11) is -4.71. The second-order valence-electron chi connectivity index (χ2n) is 3.75. The van der Waals surface area contributed by atoms with E-state index in [2.05, 4.69) is 0 Å². The normalized spacial score (nSPS) is 12.8. The van der Waals surface area contributed by atoms with Crippen LogP contribution < -0.4 is 4.74 Å². The van der Waals surface area contributed by atoms with E-state index in [1.165, 1.54) is 0 Å².